The SMILES string of the molecule is O=C(CSc1ncnc2nc[nH]c12)c1ccccc1Cl. The molecule has 0 aliphatic heterocycles. The lowest BCUT2D eigenvalue weighted by molar-refractivity contribution is 0.102. The number of Topliss-reactive ketones (excluding diaryl/α,β-unsaturated/α-hetero) is 1. The molecule has 5 nitrogen and oxygen atoms in total. The molecule has 100 valence electrons. The van der Waals surface area contributed by atoms with Gasteiger partial charge in [-0.15, -0.1) is 0 Å². The molecule has 3 aromatic rings. The normalized spacial score (nSPS) is 10.8. The van der Waals surface area contributed by atoms with Crippen LogP contribution in [0.15, 0.2) is 41.9 Å². The van der Waals surface area contributed by atoms with E-state index in [0.717, 1.165) is 5.52 Å². The lowest BCUT2D eigenvalue weighted by Crippen LogP contribution is -2.03. The van der Waals surface area contributed by atoms with Crippen molar-refractivity contribution in [2.75, 3.05) is 5.75 Å². The highest BCUT2D eigenvalue weighted by Crippen LogP contribution is 2.24. The van der Waals surface area contributed by atoms with Crippen molar-refractivity contribution in [1.29, 1.82) is 0 Å². The minimum absolute atomic E-state index is 0.0353. The van der Waals surface area contributed by atoms with Gasteiger partial charge in [0.25, 0.3) is 0 Å². The Morgan fingerprint density at radius 1 is 1.25 bits per heavy atom. The van der Waals surface area contributed by atoms with Crippen LogP contribution in [0, 0.1) is 0 Å². The van der Waals surface area contributed by atoms with Crippen LogP contribution in [-0.2, 0) is 0 Å². The van der Waals surface area contributed by atoms with Crippen LogP contribution < -0.4 is 0 Å². The third-order valence-electron chi connectivity index (χ3n) is 2.70. The van der Waals surface area contributed by atoms with Gasteiger partial charge in [-0.05, 0) is 12.1 Å². The zero-order valence-electron chi connectivity index (χ0n) is 10.2. The van der Waals surface area contributed by atoms with Crippen molar-refractivity contribution >= 4 is 40.3 Å². The van der Waals surface area contributed by atoms with E-state index in [0.29, 0.717) is 21.3 Å². The molecule has 20 heavy (non-hydrogen) atoms. The molecule has 7 heteroatoms. The number of carbonyl (C=O) groups is 1. The molecule has 0 bridgehead atoms. The van der Waals surface area contributed by atoms with Crippen molar-refractivity contribution in [2.24, 2.45) is 0 Å². The lowest BCUT2D eigenvalue weighted by atomic mass is 10.1. The van der Waals surface area contributed by atoms with E-state index in [1.165, 1.54) is 18.1 Å². The largest absolute Gasteiger partial charge is 0.341 e. The monoisotopic (exact) mass is 304 g/mol. The molecule has 3 rings (SSSR count). The Bertz CT molecular complexity index is 774. The Labute approximate surface area is 123 Å². The molecule has 0 radical (unpaired) electrons. The second kappa shape index (κ2) is 5.60. The van der Waals surface area contributed by atoms with Crippen LogP contribution >= 0.6 is 23.4 Å². The van der Waals surface area contributed by atoms with Crippen LogP contribution in [0.5, 0.6) is 0 Å². The van der Waals surface area contributed by atoms with Gasteiger partial charge in [-0.25, -0.2) is 15.0 Å². The molecule has 1 aromatic carbocycles. The molecule has 0 aliphatic rings. The number of halogens is 1. The number of carbonyl (C=O) groups excluding carboxylic acids is 1. The highest BCUT2D eigenvalue weighted by Gasteiger charge is 2.12. The lowest BCUT2D eigenvalue weighted by Gasteiger charge is -2.03. The van der Waals surface area contributed by atoms with E-state index in [1.54, 1.807) is 30.6 Å². The summed E-state index contributed by atoms with van der Waals surface area (Å²) in [5.74, 6) is 0.223. The summed E-state index contributed by atoms with van der Waals surface area (Å²) in [7, 11) is 0. The molecule has 0 fully saturated rings. The second-order valence-electron chi connectivity index (χ2n) is 3.97. The third-order valence-corrected chi connectivity index (χ3v) is 4.02. The summed E-state index contributed by atoms with van der Waals surface area (Å²) in [6.45, 7) is 0. The highest BCUT2D eigenvalue weighted by molar-refractivity contribution is 8.00. The Hall–Kier alpha value is -1.92. The van der Waals surface area contributed by atoms with Crippen molar-refractivity contribution in [3.63, 3.8) is 0 Å². The first-order valence-electron chi connectivity index (χ1n) is 5.80. The molecule has 0 saturated heterocycles. The van der Waals surface area contributed by atoms with Gasteiger partial charge in [0.05, 0.1) is 17.1 Å². The van der Waals surface area contributed by atoms with E-state index >= 15 is 0 Å². The van der Waals surface area contributed by atoms with Crippen LogP contribution in [0.25, 0.3) is 11.2 Å². The van der Waals surface area contributed by atoms with Crippen molar-refractivity contribution in [3.05, 3.63) is 47.5 Å². The average molecular weight is 305 g/mol. The Kier molecular flexibility index (Phi) is 3.66. The molecule has 0 atom stereocenters. The number of fused-ring (bicyclic) bond motifs is 1. The zero-order valence-corrected chi connectivity index (χ0v) is 11.8. The molecular formula is C13H9ClN4OS. The minimum atomic E-state index is -0.0353. The van der Waals surface area contributed by atoms with Crippen LogP contribution in [0.3, 0.4) is 0 Å². The second-order valence-corrected chi connectivity index (χ2v) is 5.34. The zero-order chi connectivity index (χ0) is 13.9. The summed E-state index contributed by atoms with van der Waals surface area (Å²) < 4.78 is 0. The number of imidazole rings is 1. The molecule has 0 saturated carbocycles. The fraction of sp³-hybridized carbons (Fsp3) is 0.0769. The number of nitrogens with zero attached hydrogens (tertiary/aromatic N) is 3. The quantitative estimate of drug-likeness (QED) is 0.456. The fourth-order valence-corrected chi connectivity index (χ4v) is 2.83. The number of rotatable bonds is 4. The van der Waals surface area contributed by atoms with E-state index in [1.807, 2.05) is 0 Å². The number of H-pyrrole nitrogens is 1. The molecule has 0 unspecified atom stereocenters. The van der Waals surface area contributed by atoms with Crippen molar-refractivity contribution in [3.8, 4) is 0 Å². The summed E-state index contributed by atoms with van der Waals surface area (Å²) in [6.07, 6.45) is 2.99. The van der Waals surface area contributed by atoms with Crippen LogP contribution in [0.4, 0.5) is 0 Å². The summed E-state index contributed by atoms with van der Waals surface area (Å²) in [5.41, 5.74) is 1.86. The molecular weight excluding hydrogens is 296 g/mol. The number of aromatic nitrogens is 4. The maximum absolute atomic E-state index is 12.1. The van der Waals surface area contributed by atoms with E-state index < -0.39 is 0 Å². The Balaban J connectivity index is 1.78. The summed E-state index contributed by atoms with van der Waals surface area (Å²) in [6, 6.07) is 7.01. The first-order chi connectivity index (χ1) is 9.75. The average Bonchev–Trinajstić information content (AvgIpc) is 2.94. The van der Waals surface area contributed by atoms with E-state index in [4.69, 9.17) is 11.6 Å². The first-order valence-corrected chi connectivity index (χ1v) is 7.16. The van der Waals surface area contributed by atoms with Gasteiger partial charge in [0, 0.05) is 5.56 Å². The molecule has 2 heterocycles. The van der Waals surface area contributed by atoms with Gasteiger partial charge in [0.2, 0.25) is 0 Å². The third kappa shape index (κ3) is 2.52. The van der Waals surface area contributed by atoms with Crippen molar-refractivity contribution < 1.29 is 4.79 Å². The number of hydrogen-bond donors (Lipinski definition) is 1. The first kappa shape index (κ1) is 13.1. The maximum Gasteiger partial charge on any atom is 0.181 e. The maximum atomic E-state index is 12.1. The Morgan fingerprint density at radius 3 is 2.95 bits per heavy atom. The number of hydrogen-bond acceptors (Lipinski definition) is 5. The molecule has 0 spiro atoms. The molecule has 1 N–H and O–H groups in total. The predicted molar refractivity (Wildman–Crippen MR) is 78.2 cm³/mol. The van der Waals surface area contributed by atoms with Gasteiger partial charge in [-0.3, -0.25) is 4.79 Å². The smallest absolute Gasteiger partial charge is 0.181 e. The number of ketones is 1. The van der Waals surface area contributed by atoms with Gasteiger partial charge in [-0.2, -0.15) is 0 Å². The Morgan fingerprint density at radius 2 is 2.10 bits per heavy atom. The van der Waals surface area contributed by atoms with E-state index in [-0.39, 0.29) is 11.5 Å². The fourth-order valence-electron chi connectivity index (χ4n) is 1.75. The molecule has 0 aliphatic carbocycles. The number of thioether (sulfide) groups is 1. The summed E-state index contributed by atoms with van der Waals surface area (Å²) >= 11 is 7.34. The van der Waals surface area contributed by atoms with Gasteiger partial charge in [0.15, 0.2) is 11.4 Å². The number of nitrogens with one attached hydrogen (secondary N) is 1. The van der Waals surface area contributed by atoms with Gasteiger partial charge in [-0.1, -0.05) is 35.5 Å². The molecule has 2 aromatic heterocycles. The number of benzene rings is 1. The van der Waals surface area contributed by atoms with Crippen LogP contribution in [0.1, 0.15) is 10.4 Å². The van der Waals surface area contributed by atoms with Gasteiger partial charge >= 0.3 is 0 Å². The highest BCUT2D eigenvalue weighted by atomic mass is 35.5. The predicted octanol–water partition coefficient (Wildman–Crippen LogP) is 2.98. The van der Waals surface area contributed by atoms with Crippen LogP contribution in [0.2, 0.25) is 5.02 Å². The minimum Gasteiger partial charge on any atom is -0.341 e. The standard InChI is InChI=1S/C13H9ClN4OS/c14-9-4-2-1-3-8(9)10(19)5-20-13-11-12(16-6-15-11)17-7-18-13/h1-4,6-7H,5H2,(H,15,16,17,18). The van der Waals surface area contributed by atoms with Crippen molar-refractivity contribution in [2.45, 2.75) is 5.03 Å². The van der Waals surface area contributed by atoms with Crippen molar-refractivity contribution in [1.82, 2.24) is 19.9 Å². The van der Waals surface area contributed by atoms with Gasteiger partial charge < -0.3 is 4.98 Å². The van der Waals surface area contributed by atoms with Gasteiger partial charge in [0.1, 0.15) is 16.9 Å². The topological polar surface area (TPSA) is 71.5 Å². The summed E-state index contributed by atoms with van der Waals surface area (Å²) in [5, 5.41) is 1.17. The van der Waals surface area contributed by atoms with E-state index in [2.05, 4.69) is 19.9 Å². The molecule has 0 amide bonds. The summed E-state index contributed by atoms with van der Waals surface area (Å²) in [4.78, 5) is 27.4. The number of aromatic amines is 1. The van der Waals surface area contributed by atoms with E-state index in [9.17, 15) is 4.79 Å². The van der Waals surface area contributed by atoms with Crippen LogP contribution in [-0.4, -0.2) is 31.5 Å².